The van der Waals surface area contributed by atoms with Gasteiger partial charge in [-0.2, -0.15) is 0 Å². The molecule has 7 heteroatoms. The fraction of sp³-hybridized carbons (Fsp3) is 0.263. The van der Waals surface area contributed by atoms with Crippen molar-refractivity contribution in [3.05, 3.63) is 121 Å². The summed E-state index contributed by atoms with van der Waals surface area (Å²) in [6, 6.07) is 33.6. The number of anilines is 1. The maximum absolute atomic E-state index is 5.62. The average molecular weight is 601 g/mol. The van der Waals surface area contributed by atoms with Gasteiger partial charge in [-0.05, 0) is 96.8 Å². The van der Waals surface area contributed by atoms with Gasteiger partial charge in [-0.25, -0.2) is 0 Å². The molecule has 0 bridgehead atoms. The van der Waals surface area contributed by atoms with Gasteiger partial charge in [0.2, 0.25) is 0 Å². The molecule has 45 heavy (non-hydrogen) atoms. The van der Waals surface area contributed by atoms with Crippen LogP contribution in [0.3, 0.4) is 0 Å². The summed E-state index contributed by atoms with van der Waals surface area (Å²) >= 11 is 0. The number of likely N-dealkylation sites (tertiary alicyclic amines) is 1. The van der Waals surface area contributed by atoms with E-state index in [9.17, 15) is 0 Å². The standard InChI is InChI=1S/C38H40N4O3/c1-43-32-14-12-30(13-15-32)42(27-29-17-21-40-36(25-29)34-9-5-7-11-38(34)45-3)31-18-22-41(23-19-31)26-28-16-20-39-35(24-28)33-8-4-6-10-37(33)44-2/h4-17,20-21,24-25,31H,18-19,22-23,26-27H2,1-3H3. The average Bonchev–Trinajstić information content (AvgIpc) is 3.11. The molecular weight excluding hydrogens is 560 g/mol. The van der Waals surface area contributed by atoms with E-state index in [4.69, 9.17) is 14.2 Å². The third-order valence-electron chi connectivity index (χ3n) is 8.58. The van der Waals surface area contributed by atoms with E-state index in [1.165, 1.54) is 16.8 Å². The SMILES string of the molecule is COc1ccc(N(Cc2ccnc(-c3ccccc3OC)c2)C2CCN(Cc3ccnc(-c4ccccc4OC)c3)CC2)cc1. The van der Waals surface area contributed by atoms with Crippen molar-refractivity contribution in [2.75, 3.05) is 39.3 Å². The zero-order valence-corrected chi connectivity index (χ0v) is 26.2. The van der Waals surface area contributed by atoms with E-state index >= 15 is 0 Å². The van der Waals surface area contributed by atoms with E-state index in [0.29, 0.717) is 6.04 Å². The minimum Gasteiger partial charge on any atom is -0.497 e. The van der Waals surface area contributed by atoms with Crippen LogP contribution in [-0.4, -0.2) is 55.3 Å². The number of pyridine rings is 2. The fourth-order valence-electron chi connectivity index (χ4n) is 6.20. The molecule has 0 amide bonds. The van der Waals surface area contributed by atoms with Gasteiger partial charge in [0.15, 0.2) is 0 Å². The Morgan fingerprint density at radius 1 is 0.667 bits per heavy atom. The maximum atomic E-state index is 5.62. The van der Waals surface area contributed by atoms with Crippen LogP contribution in [0.25, 0.3) is 22.5 Å². The first-order valence-corrected chi connectivity index (χ1v) is 15.4. The van der Waals surface area contributed by atoms with Crippen LogP contribution in [0.2, 0.25) is 0 Å². The molecule has 2 aromatic heterocycles. The van der Waals surface area contributed by atoms with E-state index < -0.39 is 0 Å². The topological polar surface area (TPSA) is 60.0 Å². The molecule has 1 fully saturated rings. The number of rotatable bonds is 11. The molecule has 3 aromatic carbocycles. The second kappa shape index (κ2) is 14.3. The van der Waals surface area contributed by atoms with Crippen molar-refractivity contribution in [3.63, 3.8) is 0 Å². The lowest BCUT2D eigenvalue weighted by Crippen LogP contribution is -2.44. The van der Waals surface area contributed by atoms with Crippen molar-refractivity contribution < 1.29 is 14.2 Å². The van der Waals surface area contributed by atoms with Crippen LogP contribution < -0.4 is 19.1 Å². The van der Waals surface area contributed by atoms with Gasteiger partial charge in [-0.3, -0.25) is 14.9 Å². The van der Waals surface area contributed by atoms with Crippen LogP contribution in [0, 0.1) is 0 Å². The summed E-state index contributed by atoms with van der Waals surface area (Å²) in [5, 5.41) is 0. The Balaban J connectivity index is 1.18. The van der Waals surface area contributed by atoms with Crippen molar-refractivity contribution >= 4 is 5.69 Å². The Bertz CT molecular complexity index is 1700. The first-order valence-electron chi connectivity index (χ1n) is 15.4. The Kier molecular flexibility index (Phi) is 9.56. The Morgan fingerprint density at radius 3 is 1.80 bits per heavy atom. The molecule has 0 aliphatic carbocycles. The first-order chi connectivity index (χ1) is 22.1. The minimum absolute atomic E-state index is 0.402. The lowest BCUT2D eigenvalue weighted by Gasteiger charge is -2.40. The Morgan fingerprint density at radius 2 is 1.22 bits per heavy atom. The van der Waals surface area contributed by atoms with Crippen molar-refractivity contribution in [1.29, 1.82) is 0 Å². The van der Waals surface area contributed by atoms with E-state index in [-0.39, 0.29) is 0 Å². The summed E-state index contributed by atoms with van der Waals surface area (Å²) in [4.78, 5) is 14.4. The van der Waals surface area contributed by atoms with Crippen molar-refractivity contribution in [2.45, 2.75) is 32.0 Å². The number of piperidine rings is 1. The first kappa shape index (κ1) is 30.2. The number of para-hydroxylation sites is 2. The summed E-state index contributed by atoms with van der Waals surface area (Å²) in [5.74, 6) is 2.53. The molecule has 0 spiro atoms. The molecule has 6 rings (SSSR count). The lowest BCUT2D eigenvalue weighted by atomic mass is 10.00. The van der Waals surface area contributed by atoms with Crippen LogP contribution in [0.5, 0.6) is 17.2 Å². The molecule has 0 radical (unpaired) electrons. The zero-order valence-electron chi connectivity index (χ0n) is 26.2. The summed E-state index contributed by atoms with van der Waals surface area (Å²) < 4.78 is 16.7. The number of methoxy groups -OCH3 is 3. The van der Waals surface area contributed by atoms with Crippen LogP contribution >= 0.6 is 0 Å². The molecule has 1 saturated heterocycles. The fourth-order valence-corrected chi connectivity index (χ4v) is 6.20. The molecule has 3 heterocycles. The van der Waals surface area contributed by atoms with Crippen molar-refractivity contribution in [3.8, 4) is 39.8 Å². The summed E-state index contributed by atoms with van der Waals surface area (Å²) in [5.41, 5.74) is 7.54. The Labute approximate surface area is 266 Å². The predicted octanol–water partition coefficient (Wildman–Crippen LogP) is 7.51. The molecule has 0 atom stereocenters. The van der Waals surface area contributed by atoms with E-state index in [0.717, 1.165) is 78.8 Å². The van der Waals surface area contributed by atoms with E-state index in [1.54, 1.807) is 21.3 Å². The maximum Gasteiger partial charge on any atom is 0.128 e. The normalized spacial score (nSPS) is 13.8. The highest BCUT2D eigenvalue weighted by molar-refractivity contribution is 5.68. The summed E-state index contributed by atoms with van der Waals surface area (Å²) in [7, 11) is 5.12. The van der Waals surface area contributed by atoms with Gasteiger partial charge in [0.05, 0.1) is 32.7 Å². The smallest absolute Gasteiger partial charge is 0.128 e. The largest absolute Gasteiger partial charge is 0.497 e. The highest BCUT2D eigenvalue weighted by Gasteiger charge is 2.26. The third kappa shape index (κ3) is 7.10. The van der Waals surface area contributed by atoms with Gasteiger partial charge >= 0.3 is 0 Å². The highest BCUT2D eigenvalue weighted by Crippen LogP contribution is 2.32. The molecule has 0 N–H and O–H groups in total. The summed E-state index contributed by atoms with van der Waals surface area (Å²) in [6.45, 7) is 3.72. The minimum atomic E-state index is 0.402. The number of benzene rings is 3. The molecule has 0 saturated carbocycles. The molecule has 230 valence electrons. The van der Waals surface area contributed by atoms with Gasteiger partial charge in [-0.15, -0.1) is 0 Å². The quantitative estimate of drug-likeness (QED) is 0.156. The molecular formula is C38H40N4O3. The number of hydrogen-bond donors (Lipinski definition) is 0. The van der Waals surface area contributed by atoms with Gasteiger partial charge < -0.3 is 19.1 Å². The van der Waals surface area contributed by atoms with Crippen molar-refractivity contribution in [2.24, 2.45) is 0 Å². The zero-order chi connectivity index (χ0) is 31.0. The van der Waals surface area contributed by atoms with E-state index in [1.807, 2.05) is 60.9 Å². The van der Waals surface area contributed by atoms with E-state index in [2.05, 4.69) is 68.3 Å². The predicted molar refractivity (Wildman–Crippen MR) is 180 cm³/mol. The Hall–Kier alpha value is -4.88. The number of ether oxygens (including phenoxy) is 3. The lowest BCUT2D eigenvalue weighted by molar-refractivity contribution is 0.201. The van der Waals surface area contributed by atoms with Crippen LogP contribution in [0.1, 0.15) is 24.0 Å². The highest BCUT2D eigenvalue weighted by atomic mass is 16.5. The van der Waals surface area contributed by atoms with Gasteiger partial charge in [-0.1, -0.05) is 24.3 Å². The molecule has 1 aliphatic heterocycles. The summed E-state index contributed by atoms with van der Waals surface area (Å²) in [6.07, 6.45) is 5.95. The van der Waals surface area contributed by atoms with Crippen LogP contribution in [-0.2, 0) is 13.1 Å². The van der Waals surface area contributed by atoms with Gasteiger partial charge in [0.1, 0.15) is 17.2 Å². The van der Waals surface area contributed by atoms with Crippen molar-refractivity contribution in [1.82, 2.24) is 14.9 Å². The van der Waals surface area contributed by atoms with Crippen LogP contribution in [0.4, 0.5) is 5.69 Å². The molecule has 0 unspecified atom stereocenters. The second-order valence-electron chi connectivity index (χ2n) is 11.3. The third-order valence-corrected chi connectivity index (χ3v) is 8.58. The van der Waals surface area contributed by atoms with Gasteiger partial charge in [0, 0.05) is 61.4 Å². The number of nitrogens with zero attached hydrogens (tertiary/aromatic N) is 4. The molecule has 1 aliphatic rings. The van der Waals surface area contributed by atoms with Gasteiger partial charge in [0.25, 0.3) is 0 Å². The number of hydrogen-bond acceptors (Lipinski definition) is 7. The number of aromatic nitrogens is 2. The monoisotopic (exact) mass is 600 g/mol. The molecule has 5 aromatic rings. The molecule has 7 nitrogen and oxygen atoms in total. The second-order valence-corrected chi connectivity index (χ2v) is 11.3. The van der Waals surface area contributed by atoms with Crippen LogP contribution in [0.15, 0.2) is 109 Å².